The standard InChI is InChI=1S/C16H20N2/c1-15(2,3)12-7-11(9-17)13(10-18)14(8-12)16(4,5)6/h7-8H,1-6H3. The molecule has 0 aliphatic rings. The molecule has 0 heterocycles. The van der Waals surface area contributed by atoms with Gasteiger partial charge >= 0.3 is 0 Å². The molecule has 0 saturated carbocycles. The van der Waals surface area contributed by atoms with E-state index in [1.807, 2.05) is 6.07 Å². The number of nitrogens with zero attached hydrogens (tertiary/aromatic N) is 2. The van der Waals surface area contributed by atoms with Crippen molar-refractivity contribution in [1.82, 2.24) is 0 Å². The van der Waals surface area contributed by atoms with Crippen LogP contribution in [-0.4, -0.2) is 0 Å². The van der Waals surface area contributed by atoms with Crippen molar-refractivity contribution < 1.29 is 0 Å². The van der Waals surface area contributed by atoms with Crippen molar-refractivity contribution in [2.24, 2.45) is 0 Å². The molecule has 0 spiro atoms. The number of benzene rings is 1. The van der Waals surface area contributed by atoms with Gasteiger partial charge in [-0.1, -0.05) is 47.6 Å². The third-order valence-electron chi connectivity index (χ3n) is 3.04. The number of hydrogen-bond donors (Lipinski definition) is 0. The van der Waals surface area contributed by atoms with Crippen molar-refractivity contribution in [3.63, 3.8) is 0 Å². The zero-order chi connectivity index (χ0) is 14.1. The van der Waals surface area contributed by atoms with Crippen LogP contribution in [0.15, 0.2) is 12.1 Å². The Morgan fingerprint density at radius 2 is 1.39 bits per heavy atom. The van der Waals surface area contributed by atoms with Crippen LogP contribution in [0.25, 0.3) is 0 Å². The lowest BCUT2D eigenvalue weighted by Crippen LogP contribution is -2.18. The Morgan fingerprint density at radius 3 is 1.72 bits per heavy atom. The molecule has 0 atom stereocenters. The SMILES string of the molecule is CC(C)(C)c1cc(C#N)c(C#N)c(C(C)(C)C)c1. The van der Waals surface area contributed by atoms with E-state index in [-0.39, 0.29) is 10.8 Å². The van der Waals surface area contributed by atoms with E-state index in [1.165, 1.54) is 0 Å². The number of nitriles is 2. The van der Waals surface area contributed by atoms with E-state index in [4.69, 9.17) is 0 Å². The zero-order valence-corrected chi connectivity index (χ0v) is 12.0. The molecular weight excluding hydrogens is 220 g/mol. The van der Waals surface area contributed by atoms with Crippen molar-refractivity contribution in [2.45, 2.75) is 52.4 Å². The van der Waals surface area contributed by atoms with Crippen LogP contribution in [-0.2, 0) is 10.8 Å². The van der Waals surface area contributed by atoms with Crippen LogP contribution >= 0.6 is 0 Å². The van der Waals surface area contributed by atoms with Crippen LogP contribution in [0.4, 0.5) is 0 Å². The molecule has 0 aromatic heterocycles. The highest BCUT2D eigenvalue weighted by Gasteiger charge is 2.24. The predicted molar refractivity (Wildman–Crippen MR) is 73.3 cm³/mol. The first-order valence-electron chi connectivity index (χ1n) is 6.10. The molecule has 94 valence electrons. The fraction of sp³-hybridized carbons (Fsp3) is 0.500. The minimum atomic E-state index is -0.141. The fourth-order valence-electron chi connectivity index (χ4n) is 1.88. The molecular formula is C16H20N2. The average molecular weight is 240 g/mol. The molecule has 0 amide bonds. The smallest absolute Gasteiger partial charge is 0.101 e. The molecule has 1 aromatic carbocycles. The zero-order valence-electron chi connectivity index (χ0n) is 12.0. The molecule has 0 aliphatic carbocycles. The third-order valence-corrected chi connectivity index (χ3v) is 3.04. The average Bonchev–Trinajstić information content (AvgIpc) is 2.24. The fourth-order valence-corrected chi connectivity index (χ4v) is 1.88. The monoisotopic (exact) mass is 240 g/mol. The lowest BCUT2D eigenvalue weighted by Gasteiger charge is -2.26. The molecule has 18 heavy (non-hydrogen) atoms. The van der Waals surface area contributed by atoms with Gasteiger partial charge in [-0.05, 0) is 28.0 Å². The Morgan fingerprint density at radius 1 is 0.833 bits per heavy atom. The predicted octanol–water partition coefficient (Wildman–Crippen LogP) is 4.02. The Labute approximate surface area is 110 Å². The number of hydrogen-bond acceptors (Lipinski definition) is 2. The van der Waals surface area contributed by atoms with Gasteiger partial charge in [0.2, 0.25) is 0 Å². The maximum Gasteiger partial charge on any atom is 0.101 e. The largest absolute Gasteiger partial charge is 0.192 e. The third kappa shape index (κ3) is 2.71. The second-order valence-electron chi connectivity index (χ2n) is 6.67. The van der Waals surface area contributed by atoms with E-state index in [0.717, 1.165) is 11.1 Å². The summed E-state index contributed by atoms with van der Waals surface area (Å²) in [4.78, 5) is 0. The van der Waals surface area contributed by atoms with Gasteiger partial charge in [0.05, 0.1) is 11.1 Å². The second kappa shape index (κ2) is 4.46. The minimum absolute atomic E-state index is 0.0282. The lowest BCUT2D eigenvalue weighted by atomic mass is 9.77. The molecule has 1 aromatic rings. The summed E-state index contributed by atoms with van der Waals surface area (Å²) in [6, 6.07) is 8.24. The number of rotatable bonds is 0. The van der Waals surface area contributed by atoms with Crippen LogP contribution in [0.1, 0.15) is 63.8 Å². The van der Waals surface area contributed by atoms with Crippen molar-refractivity contribution in [1.29, 1.82) is 10.5 Å². The topological polar surface area (TPSA) is 47.6 Å². The maximum absolute atomic E-state index is 9.29. The van der Waals surface area contributed by atoms with Gasteiger partial charge in [-0.25, -0.2) is 0 Å². The van der Waals surface area contributed by atoms with Gasteiger partial charge in [0.1, 0.15) is 12.1 Å². The van der Waals surface area contributed by atoms with Crippen LogP contribution in [0, 0.1) is 22.7 Å². The summed E-state index contributed by atoms with van der Waals surface area (Å²) in [6.07, 6.45) is 0. The van der Waals surface area contributed by atoms with Crippen molar-refractivity contribution >= 4 is 0 Å². The van der Waals surface area contributed by atoms with Crippen molar-refractivity contribution in [3.05, 3.63) is 34.4 Å². The van der Waals surface area contributed by atoms with E-state index in [1.54, 1.807) is 0 Å². The summed E-state index contributed by atoms with van der Waals surface area (Å²) in [5.74, 6) is 0. The summed E-state index contributed by atoms with van der Waals surface area (Å²) < 4.78 is 0. The molecule has 2 nitrogen and oxygen atoms in total. The quantitative estimate of drug-likeness (QED) is 0.687. The molecule has 2 heteroatoms. The van der Waals surface area contributed by atoms with Crippen LogP contribution < -0.4 is 0 Å². The molecule has 1 rings (SSSR count). The van der Waals surface area contributed by atoms with Crippen LogP contribution in [0.5, 0.6) is 0 Å². The Balaban J connectivity index is 3.71. The summed E-state index contributed by atoms with van der Waals surface area (Å²) in [7, 11) is 0. The lowest BCUT2D eigenvalue weighted by molar-refractivity contribution is 0.567. The summed E-state index contributed by atoms with van der Waals surface area (Å²) >= 11 is 0. The summed E-state index contributed by atoms with van der Waals surface area (Å²) in [5.41, 5.74) is 2.88. The maximum atomic E-state index is 9.29. The summed E-state index contributed by atoms with van der Waals surface area (Å²) in [5, 5.41) is 18.5. The van der Waals surface area contributed by atoms with E-state index >= 15 is 0 Å². The molecule has 0 N–H and O–H groups in total. The van der Waals surface area contributed by atoms with Gasteiger partial charge in [-0.3, -0.25) is 0 Å². The molecule has 0 bridgehead atoms. The first-order chi connectivity index (χ1) is 8.11. The van der Waals surface area contributed by atoms with Gasteiger partial charge in [0, 0.05) is 0 Å². The van der Waals surface area contributed by atoms with Crippen molar-refractivity contribution in [2.75, 3.05) is 0 Å². The van der Waals surface area contributed by atoms with E-state index < -0.39 is 0 Å². The van der Waals surface area contributed by atoms with Gasteiger partial charge < -0.3 is 0 Å². The highest BCUT2D eigenvalue weighted by molar-refractivity contribution is 5.55. The van der Waals surface area contributed by atoms with Crippen LogP contribution in [0.2, 0.25) is 0 Å². The highest BCUT2D eigenvalue weighted by Crippen LogP contribution is 2.33. The van der Waals surface area contributed by atoms with Crippen LogP contribution in [0.3, 0.4) is 0 Å². The second-order valence-corrected chi connectivity index (χ2v) is 6.67. The van der Waals surface area contributed by atoms with Crippen molar-refractivity contribution in [3.8, 4) is 12.1 Å². The first-order valence-corrected chi connectivity index (χ1v) is 6.10. The Hall–Kier alpha value is -1.80. The molecule has 0 fully saturated rings. The molecule has 0 unspecified atom stereocenters. The Bertz CT molecular complexity index is 541. The van der Waals surface area contributed by atoms with Gasteiger partial charge in [0.15, 0.2) is 0 Å². The normalized spacial score (nSPS) is 11.8. The van der Waals surface area contributed by atoms with E-state index in [2.05, 4.69) is 59.7 Å². The first kappa shape index (κ1) is 14.3. The Kier molecular flexibility index (Phi) is 3.54. The van der Waals surface area contributed by atoms with Gasteiger partial charge in [-0.2, -0.15) is 10.5 Å². The molecule has 0 aliphatic heterocycles. The van der Waals surface area contributed by atoms with E-state index in [0.29, 0.717) is 11.1 Å². The van der Waals surface area contributed by atoms with E-state index in [9.17, 15) is 10.5 Å². The highest BCUT2D eigenvalue weighted by atomic mass is 14.3. The minimum Gasteiger partial charge on any atom is -0.192 e. The van der Waals surface area contributed by atoms with Gasteiger partial charge in [-0.15, -0.1) is 0 Å². The van der Waals surface area contributed by atoms with Gasteiger partial charge in [0.25, 0.3) is 0 Å². The molecule has 0 saturated heterocycles. The molecule has 0 radical (unpaired) electrons. The summed E-state index contributed by atoms with van der Waals surface area (Å²) in [6.45, 7) is 12.5.